The number of aryl methyl sites for hydroxylation is 2. The van der Waals surface area contributed by atoms with Gasteiger partial charge in [0.1, 0.15) is 5.82 Å². The molecule has 4 heteroatoms. The Balaban J connectivity index is 1.62. The Morgan fingerprint density at radius 2 is 1.54 bits per heavy atom. The normalized spacial score (nSPS) is 16.1. The van der Waals surface area contributed by atoms with Gasteiger partial charge in [-0.1, -0.05) is 37.3 Å². The van der Waals surface area contributed by atoms with Gasteiger partial charge in [-0.25, -0.2) is 17.6 Å². The van der Waals surface area contributed by atoms with E-state index in [1.54, 1.807) is 12.1 Å². The Labute approximate surface area is 161 Å². The SMILES string of the molecule is CCc1ccc(C2CCc3cc(-c4cc(F)c(F)c(F)c4)ccc3C2)c(F)c1. The Hall–Kier alpha value is -2.62. The molecule has 0 saturated carbocycles. The standard InChI is InChI=1S/C24H20F4/c1-2-14-3-8-20(21(25)9-14)18-7-6-15-10-17(5-4-16(15)11-18)19-12-22(26)24(28)23(27)13-19/h3-5,8-10,12-13,18H,2,6-7,11H2,1H3. The molecule has 1 unspecified atom stereocenters. The molecule has 1 aliphatic rings. The first-order chi connectivity index (χ1) is 13.5. The van der Waals surface area contributed by atoms with Gasteiger partial charge < -0.3 is 0 Å². The fourth-order valence-electron chi connectivity index (χ4n) is 4.04. The lowest BCUT2D eigenvalue weighted by Gasteiger charge is -2.26. The van der Waals surface area contributed by atoms with Gasteiger partial charge in [0, 0.05) is 0 Å². The van der Waals surface area contributed by atoms with Crippen molar-refractivity contribution in [2.75, 3.05) is 0 Å². The van der Waals surface area contributed by atoms with Crippen molar-refractivity contribution in [3.05, 3.63) is 94.1 Å². The number of halogens is 4. The zero-order chi connectivity index (χ0) is 19.8. The van der Waals surface area contributed by atoms with Crippen LogP contribution in [0, 0.1) is 23.3 Å². The van der Waals surface area contributed by atoms with Crippen LogP contribution in [-0.2, 0) is 19.3 Å². The topological polar surface area (TPSA) is 0 Å². The van der Waals surface area contributed by atoms with Crippen LogP contribution in [0.4, 0.5) is 17.6 Å². The molecular formula is C24H20F4. The number of benzene rings is 3. The molecule has 0 bridgehead atoms. The van der Waals surface area contributed by atoms with Crippen molar-refractivity contribution in [3.63, 3.8) is 0 Å². The molecular weight excluding hydrogens is 364 g/mol. The average Bonchev–Trinajstić information content (AvgIpc) is 2.70. The third-order valence-corrected chi connectivity index (χ3v) is 5.66. The molecule has 4 rings (SSSR count). The third kappa shape index (κ3) is 3.44. The number of hydrogen-bond acceptors (Lipinski definition) is 0. The third-order valence-electron chi connectivity index (χ3n) is 5.66. The van der Waals surface area contributed by atoms with Gasteiger partial charge in [-0.3, -0.25) is 0 Å². The van der Waals surface area contributed by atoms with Crippen LogP contribution in [0.3, 0.4) is 0 Å². The molecule has 0 aliphatic heterocycles. The van der Waals surface area contributed by atoms with Gasteiger partial charge in [0.15, 0.2) is 17.5 Å². The van der Waals surface area contributed by atoms with Gasteiger partial charge in [0.25, 0.3) is 0 Å². The lowest BCUT2D eigenvalue weighted by Crippen LogP contribution is -2.14. The van der Waals surface area contributed by atoms with Crippen LogP contribution in [0.15, 0.2) is 48.5 Å². The largest absolute Gasteiger partial charge is 0.207 e. The summed E-state index contributed by atoms with van der Waals surface area (Å²) in [6.07, 6.45) is 3.10. The Morgan fingerprint density at radius 1 is 0.786 bits per heavy atom. The van der Waals surface area contributed by atoms with E-state index in [4.69, 9.17) is 0 Å². The first-order valence-electron chi connectivity index (χ1n) is 9.51. The molecule has 0 aromatic heterocycles. The van der Waals surface area contributed by atoms with Crippen LogP contribution in [0.5, 0.6) is 0 Å². The summed E-state index contributed by atoms with van der Waals surface area (Å²) >= 11 is 0. The maximum Gasteiger partial charge on any atom is 0.194 e. The van der Waals surface area contributed by atoms with E-state index in [-0.39, 0.29) is 11.7 Å². The summed E-state index contributed by atoms with van der Waals surface area (Å²) < 4.78 is 54.8. The number of fused-ring (bicyclic) bond motifs is 1. The van der Waals surface area contributed by atoms with E-state index in [1.165, 1.54) is 0 Å². The highest BCUT2D eigenvalue weighted by Gasteiger charge is 2.23. The smallest absolute Gasteiger partial charge is 0.194 e. The van der Waals surface area contributed by atoms with Crippen molar-refractivity contribution >= 4 is 0 Å². The first-order valence-corrected chi connectivity index (χ1v) is 9.51. The summed E-state index contributed by atoms with van der Waals surface area (Å²) in [5.41, 5.74) is 4.89. The molecule has 1 aliphatic carbocycles. The highest BCUT2D eigenvalue weighted by molar-refractivity contribution is 5.65. The van der Waals surface area contributed by atoms with Crippen molar-refractivity contribution in [2.45, 2.75) is 38.5 Å². The maximum atomic E-state index is 14.5. The van der Waals surface area contributed by atoms with Crippen molar-refractivity contribution in [2.24, 2.45) is 0 Å². The molecule has 0 nitrogen and oxygen atoms in total. The van der Waals surface area contributed by atoms with Gasteiger partial charge >= 0.3 is 0 Å². The molecule has 144 valence electrons. The van der Waals surface area contributed by atoms with E-state index in [2.05, 4.69) is 0 Å². The minimum atomic E-state index is -1.46. The lowest BCUT2D eigenvalue weighted by atomic mass is 9.79. The summed E-state index contributed by atoms with van der Waals surface area (Å²) in [5, 5.41) is 0. The molecule has 28 heavy (non-hydrogen) atoms. The second-order valence-electron chi connectivity index (χ2n) is 7.39. The maximum absolute atomic E-state index is 14.5. The van der Waals surface area contributed by atoms with Gasteiger partial charge in [-0.15, -0.1) is 0 Å². The lowest BCUT2D eigenvalue weighted by molar-refractivity contribution is 0.447. The number of rotatable bonds is 3. The summed E-state index contributed by atoms with van der Waals surface area (Å²) in [7, 11) is 0. The predicted molar refractivity (Wildman–Crippen MR) is 102 cm³/mol. The first kappa shape index (κ1) is 18.7. The van der Waals surface area contributed by atoms with Crippen molar-refractivity contribution < 1.29 is 17.6 Å². The molecule has 0 radical (unpaired) electrons. The second kappa shape index (κ2) is 7.42. The fourth-order valence-corrected chi connectivity index (χ4v) is 4.04. The van der Waals surface area contributed by atoms with Gasteiger partial charge in [0.2, 0.25) is 0 Å². The minimum absolute atomic E-state index is 0.116. The zero-order valence-corrected chi connectivity index (χ0v) is 15.5. The summed E-state index contributed by atoms with van der Waals surface area (Å²) in [4.78, 5) is 0. The van der Waals surface area contributed by atoms with E-state index in [0.29, 0.717) is 11.1 Å². The van der Waals surface area contributed by atoms with Crippen LogP contribution in [0.2, 0.25) is 0 Å². The fraction of sp³-hybridized carbons (Fsp3) is 0.250. The van der Waals surface area contributed by atoms with E-state index in [0.717, 1.165) is 60.1 Å². The highest BCUT2D eigenvalue weighted by Crippen LogP contribution is 2.36. The molecule has 1 atom stereocenters. The molecule has 0 amide bonds. The Morgan fingerprint density at radius 3 is 2.21 bits per heavy atom. The van der Waals surface area contributed by atoms with Crippen molar-refractivity contribution in [3.8, 4) is 11.1 Å². The van der Waals surface area contributed by atoms with E-state index in [1.807, 2.05) is 31.2 Å². The van der Waals surface area contributed by atoms with Crippen molar-refractivity contribution in [1.29, 1.82) is 0 Å². The highest BCUT2D eigenvalue weighted by atomic mass is 19.2. The second-order valence-corrected chi connectivity index (χ2v) is 7.39. The quantitative estimate of drug-likeness (QED) is 0.346. The van der Waals surface area contributed by atoms with Gasteiger partial charge in [-0.05, 0) is 83.2 Å². The van der Waals surface area contributed by atoms with E-state index < -0.39 is 17.5 Å². The molecule has 3 aromatic rings. The van der Waals surface area contributed by atoms with Crippen LogP contribution in [-0.4, -0.2) is 0 Å². The van der Waals surface area contributed by atoms with Crippen molar-refractivity contribution in [1.82, 2.24) is 0 Å². The van der Waals surface area contributed by atoms with E-state index >= 15 is 0 Å². The van der Waals surface area contributed by atoms with Crippen LogP contribution in [0.25, 0.3) is 11.1 Å². The monoisotopic (exact) mass is 384 g/mol. The summed E-state index contributed by atoms with van der Waals surface area (Å²) in [6, 6.07) is 13.1. The van der Waals surface area contributed by atoms with Gasteiger partial charge in [-0.2, -0.15) is 0 Å². The summed E-state index contributed by atoms with van der Waals surface area (Å²) in [5.74, 6) is -3.88. The molecule has 0 heterocycles. The zero-order valence-electron chi connectivity index (χ0n) is 15.5. The molecule has 3 aromatic carbocycles. The molecule has 0 spiro atoms. The van der Waals surface area contributed by atoms with Crippen LogP contribution < -0.4 is 0 Å². The van der Waals surface area contributed by atoms with Gasteiger partial charge in [0.05, 0.1) is 0 Å². The number of hydrogen-bond donors (Lipinski definition) is 0. The molecule has 0 fully saturated rings. The summed E-state index contributed by atoms with van der Waals surface area (Å²) in [6.45, 7) is 2.00. The molecule has 0 N–H and O–H groups in total. The molecule has 0 saturated heterocycles. The predicted octanol–water partition coefficient (Wildman–Crippen LogP) is 6.74. The Bertz CT molecular complexity index is 1020. The van der Waals surface area contributed by atoms with Crippen LogP contribution >= 0.6 is 0 Å². The van der Waals surface area contributed by atoms with E-state index in [9.17, 15) is 17.6 Å². The minimum Gasteiger partial charge on any atom is -0.207 e. The van der Waals surface area contributed by atoms with Crippen LogP contribution in [0.1, 0.15) is 41.5 Å². The Kier molecular flexibility index (Phi) is 4.96. The average molecular weight is 384 g/mol.